The Morgan fingerprint density at radius 3 is 2.60 bits per heavy atom. The van der Waals surface area contributed by atoms with Crippen molar-refractivity contribution in [3.05, 3.63) is 29.8 Å². The van der Waals surface area contributed by atoms with Gasteiger partial charge in [0.15, 0.2) is 0 Å². The molecule has 2 heterocycles. The second kappa shape index (κ2) is 5.32. The third-order valence-corrected chi connectivity index (χ3v) is 2.98. The summed E-state index contributed by atoms with van der Waals surface area (Å²) in [5.74, 6) is -0.727. The van der Waals surface area contributed by atoms with Crippen LogP contribution in [0.15, 0.2) is 18.5 Å². The van der Waals surface area contributed by atoms with Gasteiger partial charge in [-0.1, -0.05) is 0 Å². The van der Waals surface area contributed by atoms with Gasteiger partial charge in [0.1, 0.15) is 5.69 Å². The lowest BCUT2D eigenvalue weighted by molar-refractivity contribution is 0.0509. The summed E-state index contributed by atoms with van der Waals surface area (Å²) < 4.78 is 8.08. The number of hydrogen-bond acceptors (Lipinski definition) is 4. The highest BCUT2D eigenvalue weighted by Crippen LogP contribution is 2.27. The molecule has 0 aromatic carbocycles. The lowest BCUT2D eigenvalue weighted by Crippen LogP contribution is -2.18. The van der Waals surface area contributed by atoms with Gasteiger partial charge in [0.05, 0.1) is 12.8 Å². The van der Waals surface area contributed by atoms with Gasteiger partial charge in [-0.3, -0.25) is 14.0 Å². The van der Waals surface area contributed by atoms with E-state index in [1.165, 1.54) is 11.5 Å². The summed E-state index contributed by atoms with van der Waals surface area (Å²) in [7, 11) is 1.79. The largest absolute Gasteiger partial charge is 0.461 e. The van der Waals surface area contributed by atoms with E-state index in [1.807, 2.05) is 0 Å². The van der Waals surface area contributed by atoms with Gasteiger partial charge < -0.3 is 4.74 Å². The molecule has 6 nitrogen and oxygen atoms in total. The molecule has 2 aromatic heterocycles. The molecule has 2 aromatic rings. The van der Waals surface area contributed by atoms with Crippen molar-refractivity contribution in [2.75, 3.05) is 6.61 Å². The SMILES string of the molecule is CCOC(=O)c1c(-c2cnn(C)c2)cc(C)n1C(C)=O. The van der Waals surface area contributed by atoms with Gasteiger partial charge in [-0.05, 0) is 19.9 Å². The predicted octanol–water partition coefficient (Wildman–Crippen LogP) is 2.03. The van der Waals surface area contributed by atoms with Crippen molar-refractivity contribution in [3.63, 3.8) is 0 Å². The van der Waals surface area contributed by atoms with Crippen LogP contribution >= 0.6 is 0 Å². The lowest BCUT2D eigenvalue weighted by atomic mass is 10.1. The van der Waals surface area contributed by atoms with Crippen molar-refractivity contribution >= 4 is 11.9 Å². The zero-order valence-electron chi connectivity index (χ0n) is 12.0. The van der Waals surface area contributed by atoms with Crippen molar-refractivity contribution in [2.24, 2.45) is 7.05 Å². The average Bonchev–Trinajstić information content (AvgIpc) is 2.92. The molecule has 0 unspecified atom stereocenters. The first-order valence-electron chi connectivity index (χ1n) is 6.35. The molecule has 0 aliphatic heterocycles. The van der Waals surface area contributed by atoms with Crippen molar-refractivity contribution in [2.45, 2.75) is 20.8 Å². The van der Waals surface area contributed by atoms with Gasteiger partial charge in [-0.2, -0.15) is 5.10 Å². The number of hydrogen-bond donors (Lipinski definition) is 0. The average molecular weight is 275 g/mol. The molecule has 0 amide bonds. The number of carbonyl (C=O) groups excluding carboxylic acids is 2. The van der Waals surface area contributed by atoms with Crippen LogP contribution in [0.25, 0.3) is 11.1 Å². The molecule has 0 saturated carbocycles. The number of aromatic nitrogens is 3. The summed E-state index contributed by atoms with van der Waals surface area (Å²) in [6.45, 7) is 5.19. The molecule has 0 fully saturated rings. The monoisotopic (exact) mass is 275 g/mol. The van der Waals surface area contributed by atoms with E-state index in [4.69, 9.17) is 4.74 Å². The van der Waals surface area contributed by atoms with Crippen LogP contribution in [-0.4, -0.2) is 32.8 Å². The minimum absolute atomic E-state index is 0.222. The van der Waals surface area contributed by atoms with Crippen LogP contribution in [-0.2, 0) is 11.8 Å². The summed E-state index contributed by atoms with van der Waals surface area (Å²) >= 11 is 0. The van der Waals surface area contributed by atoms with Gasteiger partial charge in [-0.15, -0.1) is 0 Å². The first-order valence-corrected chi connectivity index (χ1v) is 6.35. The van der Waals surface area contributed by atoms with E-state index in [-0.39, 0.29) is 18.2 Å². The molecular weight excluding hydrogens is 258 g/mol. The number of carbonyl (C=O) groups is 2. The molecule has 0 N–H and O–H groups in total. The Bertz CT molecular complexity index is 667. The van der Waals surface area contributed by atoms with Crippen molar-refractivity contribution in [1.29, 1.82) is 0 Å². The molecule has 0 saturated heterocycles. The molecule has 0 aliphatic carbocycles. The standard InChI is InChI=1S/C14H17N3O3/c1-5-20-14(19)13-12(11-7-15-16(4)8-11)6-9(2)17(13)10(3)18/h6-8H,5H2,1-4H3. The van der Waals surface area contributed by atoms with Gasteiger partial charge in [0.25, 0.3) is 0 Å². The van der Waals surface area contributed by atoms with Crippen molar-refractivity contribution < 1.29 is 14.3 Å². The summed E-state index contributed by atoms with van der Waals surface area (Å²) in [5.41, 5.74) is 2.38. The quantitative estimate of drug-likeness (QED) is 0.804. The molecule has 106 valence electrons. The highest BCUT2D eigenvalue weighted by Gasteiger charge is 2.24. The maximum absolute atomic E-state index is 12.2. The summed E-state index contributed by atoms with van der Waals surface area (Å²) in [6.07, 6.45) is 3.45. The minimum Gasteiger partial charge on any atom is -0.461 e. The Morgan fingerprint density at radius 2 is 2.10 bits per heavy atom. The zero-order valence-corrected chi connectivity index (χ0v) is 12.0. The van der Waals surface area contributed by atoms with Crippen LogP contribution in [0.4, 0.5) is 0 Å². The van der Waals surface area contributed by atoms with Crippen LogP contribution < -0.4 is 0 Å². The Morgan fingerprint density at radius 1 is 1.40 bits per heavy atom. The normalized spacial score (nSPS) is 10.6. The van der Waals surface area contributed by atoms with Gasteiger partial charge in [0.2, 0.25) is 5.91 Å². The number of rotatable bonds is 3. The summed E-state index contributed by atoms with van der Waals surface area (Å²) in [5, 5.41) is 4.09. The Kier molecular flexibility index (Phi) is 3.74. The van der Waals surface area contributed by atoms with Gasteiger partial charge in [0, 0.05) is 37.0 Å². The van der Waals surface area contributed by atoms with E-state index in [0.29, 0.717) is 11.3 Å². The van der Waals surface area contributed by atoms with Crippen molar-refractivity contribution in [3.8, 4) is 11.1 Å². The van der Waals surface area contributed by atoms with E-state index in [2.05, 4.69) is 5.10 Å². The summed E-state index contributed by atoms with van der Waals surface area (Å²) in [4.78, 5) is 23.9. The first-order chi connectivity index (χ1) is 9.45. The smallest absolute Gasteiger partial charge is 0.356 e. The van der Waals surface area contributed by atoms with Gasteiger partial charge in [-0.25, -0.2) is 4.79 Å². The lowest BCUT2D eigenvalue weighted by Gasteiger charge is -2.08. The van der Waals surface area contributed by atoms with Crippen LogP contribution in [0.3, 0.4) is 0 Å². The fourth-order valence-electron chi connectivity index (χ4n) is 2.23. The molecule has 2 rings (SSSR count). The number of esters is 1. The Labute approximate surface area is 117 Å². The van der Waals surface area contributed by atoms with Crippen LogP contribution in [0.1, 0.15) is 34.8 Å². The fraction of sp³-hybridized carbons (Fsp3) is 0.357. The minimum atomic E-state index is -0.505. The molecule has 0 spiro atoms. The second-order valence-corrected chi connectivity index (χ2v) is 4.53. The third kappa shape index (κ3) is 2.36. The molecule has 0 bridgehead atoms. The van der Waals surface area contributed by atoms with E-state index in [9.17, 15) is 9.59 Å². The van der Waals surface area contributed by atoms with E-state index in [1.54, 1.807) is 44.0 Å². The first kappa shape index (κ1) is 14.0. The Hall–Kier alpha value is -2.37. The third-order valence-electron chi connectivity index (χ3n) is 2.98. The molecule has 0 atom stereocenters. The van der Waals surface area contributed by atoms with E-state index < -0.39 is 5.97 Å². The summed E-state index contributed by atoms with van der Waals surface area (Å²) in [6, 6.07) is 1.80. The molecule has 6 heteroatoms. The van der Waals surface area contributed by atoms with Gasteiger partial charge >= 0.3 is 5.97 Å². The Balaban J connectivity index is 2.65. The van der Waals surface area contributed by atoms with E-state index in [0.717, 1.165) is 5.56 Å². The van der Waals surface area contributed by atoms with Crippen molar-refractivity contribution in [1.82, 2.24) is 14.3 Å². The molecule has 20 heavy (non-hydrogen) atoms. The highest BCUT2D eigenvalue weighted by atomic mass is 16.5. The van der Waals surface area contributed by atoms with Crippen LogP contribution in [0, 0.1) is 6.92 Å². The molecular formula is C14H17N3O3. The number of nitrogens with zero attached hydrogens (tertiary/aromatic N) is 3. The van der Waals surface area contributed by atoms with Crippen LogP contribution in [0.5, 0.6) is 0 Å². The topological polar surface area (TPSA) is 66.1 Å². The second-order valence-electron chi connectivity index (χ2n) is 4.53. The van der Waals surface area contributed by atoms with Crippen LogP contribution in [0.2, 0.25) is 0 Å². The maximum Gasteiger partial charge on any atom is 0.356 e. The number of aryl methyl sites for hydroxylation is 2. The molecule has 0 aliphatic rings. The maximum atomic E-state index is 12.2. The zero-order chi connectivity index (χ0) is 14.9. The predicted molar refractivity (Wildman–Crippen MR) is 73.6 cm³/mol. The fourth-order valence-corrected chi connectivity index (χ4v) is 2.23. The molecule has 0 radical (unpaired) electrons. The number of ether oxygens (including phenoxy) is 1. The van der Waals surface area contributed by atoms with E-state index >= 15 is 0 Å². The highest BCUT2D eigenvalue weighted by molar-refractivity contribution is 6.00.